The third-order valence-corrected chi connectivity index (χ3v) is 6.50. The summed E-state index contributed by atoms with van der Waals surface area (Å²) in [5.74, 6) is -1.11. The maximum atomic E-state index is 12.7. The lowest BCUT2D eigenvalue weighted by molar-refractivity contribution is -0.137. The molecule has 0 aromatic heterocycles. The molecule has 7 nitrogen and oxygen atoms in total. The van der Waals surface area contributed by atoms with Crippen molar-refractivity contribution < 1.29 is 23.1 Å². The zero-order valence-electron chi connectivity index (χ0n) is 13.3. The van der Waals surface area contributed by atoms with Gasteiger partial charge in [0.05, 0.1) is 5.02 Å². The smallest absolute Gasteiger partial charge is 0.303 e. The molecular weight excluding hydrogens is 391 g/mol. The van der Waals surface area contributed by atoms with E-state index < -0.39 is 16.0 Å². The number of hydrogen-bond donors (Lipinski definition) is 1. The Labute approximate surface area is 156 Å². The Hall–Kier alpha value is -1.35. The van der Waals surface area contributed by atoms with E-state index in [4.69, 9.17) is 28.3 Å². The van der Waals surface area contributed by atoms with Crippen LogP contribution in [0.1, 0.15) is 19.3 Å². The monoisotopic (exact) mass is 408 g/mol. The van der Waals surface area contributed by atoms with Crippen molar-refractivity contribution in [1.82, 2.24) is 9.21 Å². The second kappa shape index (κ2) is 8.35. The molecule has 1 aromatic carbocycles. The lowest BCUT2D eigenvalue weighted by atomic mass is 10.2. The van der Waals surface area contributed by atoms with Gasteiger partial charge in [-0.3, -0.25) is 9.59 Å². The predicted octanol–water partition coefficient (Wildman–Crippen LogP) is 2.08. The van der Waals surface area contributed by atoms with Gasteiger partial charge >= 0.3 is 5.97 Å². The van der Waals surface area contributed by atoms with Crippen LogP contribution < -0.4 is 0 Å². The number of sulfonamides is 1. The standard InChI is InChI=1S/C15H18Cl2N2O5S/c16-11-4-5-12(17)13(10-11)25(23,24)19-8-6-18(7-9-19)14(20)2-1-3-15(21)22/h4-5,10H,1-3,6-9H2,(H,21,22). The zero-order chi connectivity index (χ0) is 18.6. The fourth-order valence-corrected chi connectivity index (χ4v) is 4.70. The quantitative estimate of drug-likeness (QED) is 0.777. The number of piperazine rings is 1. The Bertz CT molecular complexity index is 761. The van der Waals surface area contributed by atoms with Crippen molar-refractivity contribution in [1.29, 1.82) is 0 Å². The third-order valence-electron chi connectivity index (χ3n) is 3.88. The van der Waals surface area contributed by atoms with E-state index in [9.17, 15) is 18.0 Å². The first kappa shape index (κ1) is 20.0. The van der Waals surface area contributed by atoms with Crippen molar-refractivity contribution in [2.75, 3.05) is 26.2 Å². The highest BCUT2D eigenvalue weighted by atomic mass is 35.5. The molecule has 1 N–H and O–H groups in total. The van der Waals surface area contributed by atoms with E-state index in [0.29, 0.717) is 0 Å². The fourth-order valence-electron chi connectivity index (χ4n) is 2.54. The second-order valence-corrected chi connectivity index (χ2v) is 8.36. The van der Waals surface area contributed by atoms with Crippen LogP contribution in [0.3, 0.4) is 0 Å². The van der Waals surface area contributed by atoms with Crippen molar-refractivity contribution in [3.8, 4) is 0 Å². The molecule has 0 atom stereocenters. The highest BCUT2D eigenvalue weighted by Gasteiger charge is 2.31. The molecule has 0 radical (unpaired) electrons. The molecule has 1 aromatic rings. The number of aliphatic carboxylic acids is 1. The summed E-state index contributed by atoms with van der Waals surface area (Å²) in [7, 11) is -3.79. The van der Waals surface area contributed by atoms with Crippen LogP contribution >= 0.6 is 23.2 Å². The van der Waals surface area contributed by atoms with Gasteiger partial charge < -0.3 is 10.0 Å². The van der Waals surface area contributed by atoms with Crippen molar-refractivity contribution in [2.45, 2.75) is 24.2 Å². The minimum atomic E-state index is -3.79. The van der Waals surface area contributed by atoms with Gasteiger partial charge in [0.25, 0.3) is 0 Å². The first-order chi connectivity index (χ1) is 11.7. The minimum absolute atomic E-state index is 0.0529. The average Bonchev–Trinajstić information content (AvgIpc) is 2.56. The van der Waals surface area contributed by atoms with Crippen LogP contribution in [-0.2, 0) is 19.6 Å². The average molecular weight is 409 g/mol. The molecule has 10 heteroatoms. The highest BCUT2D eigenvalue weighted by Crippen LogP contribution is 2.28. The van der Waals surface area contributed by atoms with Gasteiger partial charge in [0.1, 0.15) is 4.90 Å². The van der Waals surface area contributed by atoms with E-state index >= 15 is 0 Å². The van der Waals surface area contributed by atoms with E-state index in [1.165, 1.54) is 22.5 Å². The van der Waals surface area contributed by atoms with Gasteiger partial charge in [-0.2, -0.15) is 4.31 Å². The van der Waals surface area contributed by atoms with Crippen molar-refractivity contribution in [3.05, 3.63) is 28.2 Å². The molecule has 25 heavy (non-hydrogen) atoms. The first-order valence-electron chi connectivity index (χ1n) is 7.66. The van der Waals surface area contributed by atoms with E-state index in [0.717, 1.165) is 0 Å². The molecular formula is C15H18Cl2N2O5S. The molecule has 0 bridgehead atoms. The second-order valence-electron chi connectivity index (χ2n) is 5.61. The Morgan fingerprint density at radius 2 is 1.72 bits per heavy atom. The van der Waals surface area contributed by atoms with Crippen LogP contribution in [0, 0.1) is 0 Å². The van der Waals surface area contributed by atoms with Crippen LogP contribution in [0.2, 0.25) is 10.0 Å². The van der Waals surface area contributed by atoms with Gasteiger partial charge in [-0.25, -0.2) is 8.42 Å². The van der Waals surface area contributed by atoms with Gasteiger partial charge in [0.15, 0.2) is 0 Å². The Balaban J connectivity index is 1.98. The molecule has 1 amide bonds. The Morgan fingerprint density at radius 3 is 2.32 bits per heavy atom. The Morgan fingerprint density at radius 1 is 1.08 bits per heavy atom. The summed E-state index contributed by atoms with van der Waals surface area (Å²) < 4.78 is 26.7. The molecule has 138 valence electrons. The number of amides is 1. The number of carbonyl (C=O) groups excluding carboxylic acids is 1. The van der Waals surface area contributed by atoms with Crippen molar-refractivity contribution in [3.63, 3.8) is 0 Å². The zero-order valence-corrected chi connectivity index (χ0v) is 15.6. The molecule has 1 saturated heterocycles. The minimum Gasteiger partial charge on any atom is -0.481 e. The summed E-state index contributed by atoms with van der Waals surface area (Å²) in [5.41, 5.74) is 0. The number of nitrogens with zero attached hydrogens (tertiary/aromatic N) is 2. The van der Waals surface area contributed by atoms with Gasteiger partial charge in [0.2, 0.25) is 15.9 Å². The maximum absolute atomic E-state index is 12.7. The number of carboxylic acids is 1. The molecule has 0 saturated carbocycles. The summed E-state index contributed by atoms with van der Waals surface area (Å²) in [6.07, 6.45) is 0.345. The van der Waals surface area contributed by atoms with Crippen LogP contribution in [0.15, 0.2) is 23.1 Å². The Kier molecular flexibility index (Phi) is 6.67. The van der Waals surface area contributed by atoms with Crippen LogP contribution in [0.4, 0.5) is 0 Å². The molecule has 0 unspecified atom stereocenters. The maximum Gasteiger partial charge on any atom is 0.303 e. The fraction of sp³-hybridized carbons (Fsp3) is 0.467. The summed E-state index contributed by atoms with van der Waals surface area (Å²) >= 11 is 11.8. The van der Waals surface area contributed by atoms with E-state index in [2.05, 4.69) is 0 Å². The lowest BCUT2D eigenvalue weighted by Gasteiger charge is -2.34. The summed E-state index contributed by atoms with van der Waals surface area (Å²) in [6.45, 7) is 0.804. The van der Waals surface area contributed by atoms with E-state index in [1.807, 2.05) is 0 Å². The molecule has 1 heterocycles. The van der Waals surface area contributed by atoms with Gasteiger partial charge in [-0.05, 0) is 24.6 Å². The van der Waals surface area contributed by atoms with Gasteiger partial charge in [-0.15, -0.1) is 0 Å². The summed E-state index contributed by atoms with van der Waals surface area (Å²) in [6, 6.07) is 4.25. The van der Waals surface area contributed by atoms with Crippen molar-refractivity contribution in [2.24, 2.45) is 0 Å². The van der Waals surface area contributed by atoms with Gasteiger partial charge in [-0.1, -0.05) is 23.2 Å². The van der Waals surface area contributed by atoms with E-state index in [1.54, 1.807) is 4.90 Å². The third kappa shape index (κ3) is 5.07. The molecule has 1 fully saturated rings. The number of carbonyl (C=O) groups is 2. The summed E-state index contributed by atoms with van der Waals surface area (Å²) in [5, 5.41) is 8.96. The van der Waals surface area contributed by atoms with Crippen LogP contribution in [0.5, 0.6) is 0 Å². The summed E-state index contributed by atoms with van der Waals surface area (Å²) in [4.78, 5) is 24.0. The van der Waals surface area contributed by atoms with Gasteiger partial charge in [0, 0.05) is 44.0 Å². The van der Waals surface area contributed by atoms with Crippen LogP contribution in [0.25, 0.3) is 0 Å². The number of carboxylic acid groups (broad SMARTS) is 1. The molecule has 0 aliphatic carbocycles. The van der Waals surface area contributed by atoms with Crippen LogP contribution in [-0.4, -0.2) is 60.8 Å². The van der Waals surface area contributed by atoms with E-state index in [-0.39, 0.29) is 66.3 Å². The normalized spacial score (nSPS) is 16.0. The molecule has 1 aliphatic heterocycles. The topological polar surface area (TPSA) is 95.0 Å². The highest BCUT2D eigenvalue weighted by molar-refractivity contribution is 7.89. The number of benzene rings is 1. The first-order valence-corrected chi connectivity index (χ1v) is 9.86. The largest absolute Gasteiger partial charge is 0.481 e. The van der Waals surface area contributed by atoms with Crippen molar-refractivity contribution >= 4 is 45.1 Å². The number of rotatable bonds is 6. The number of halogens is 2. The molecule has 0 spiro atoms. The predicted molar refractivity (Wildman–Crippen MR) is 93.3 cm³/mol. The SMILES string of the molecule is O=C(O)CCCC(=O)N1CCN(S(=O)(=O)c2cc(Cl)ccc2Cl)CC1. The number of hydrogen-bond acceptors (Lipinski definition) is 4. The molecule has 1 aliphatic rings. The lowest BCUT2D eigenvalue weighted by Crippen LogP contribution is -2.50. The molecule has 2 rings (SSSR count).